The molecule has 1 aromatic heterocycles. The number of thiophene rings is 1. The van der Waals surface area contributed by atoms with Crippen molar-refractivity contribution in [1.29, 1.82) is 0 Å². The van der Waals surface area contributed by atoms with Crippen molar-refractivity contribution in [1.82, 2.24) is 0 Å². The second-order valence-corrected chi connectivity index (χ2v) is 7.23. The number of hydrogen-bond acceptors (Lipinski definition) is 5. The molecule has 28 heavy (non-hydrogen) atoms. The van der Waals surface area contributed by atoms with Crippen molar-refractivity contribution >= 4 is 34.7 Å². The lowest BCUT2D eigenvalue weighted by atomic mass is 10.1. The summed E-state index contributed by atoms with van der Waals surface area (Å²) in [6.45, 7) is 3.49. The number of nitrogens with one attached hydrogen (secondary N) is 1. The van der Waals surface area contributed by atoms with Crippen molar-refractivity contribution in [2.45, 2.75) is 20.0 Å². The largest absolute Gasteiger partial charge is 0.451 e. The molecule has 1 atom stereocenters. The van der Waals surface area contributed by atoms with Gasteiger partial charge >= 0.3 is 5.97 Å². The third kappa shape index (κ3) is 4.72. The molecule has 0 saturated heterocycles. The minimum absolute atomic E-state index is 0.206. The van der Waals surface area contributed by atoms with Crippen LogP contribution in [0.25, 0.3) is 0 Å². The maximum atomic E-state index is 12.4. The number of anilines is 1. The van der Waals surface area contributed by atoms with Gasteiger partial charge in [-0.3, -0.25) is 9.59 Å². The maximum Gasteiger partial charge on any atom is 0.338 e. The molecule has 0 fully saturated rings. The van der Waals surface area contributed by atoms with Crippen LogP contribution in [-0.4, -0.2) is 23.8 Å². The van der Waals surface area contributed by atoms with E-state index in [-0.39, 0.29) is 11.7 Å². The van der Waals surface area contributed by atoms with Crippen molar-refractivity contribution in [3.8, 4) is 0 Å². The number of rotatable bonds is 6. The molecule has 3 rings (SSSR count). The van der Waals surface area contributed by atoms with E-state index in [0.717, 1.165) is 5.56 Å². The molecule has 0 bridgehead atoms. The Morgan fingerprint density at radius 2 is 1.57 bits per heavy atom. The molecule has 0 aliphatic rings. The van der Waals surface area contributed by atoms with E-state index in [1.807, 2.05) is 24.4 Å². The first-order chi connectivity index (χ1) is 13.4. The Balaban J connectivity index is 1.60. The summed E-state index contributed by atoms with van der Waals surface area (Å²) in [5, 5.41) is 4.59. The highest BCUT2D eigenvalue weighted by Gasteiger charge is 2.20. The number of ether oxygens (including phenoxy) is 1. The highest BCUT2D eigenvalue weighted by molar-refractivity contribution is 7.12. The third-order valence-corrected chi connectivity index (χ3v) is 4.98. The van der Waals surface area contributed by atoms with E-state index in [2.05, 4.69) is 5.32 Å². The summed E-state index contributed by atoms with van der Waals surface area (Å²) in [7, 11) is 0. The monoisotopic (exact) mass is 393 g/mol. The first kappa shape index (κ1) is 19.5. The summed E-state index contributed by atoms with van der Waals surface area (Å²) in [4.78, 5) is 37.3. The number of ketones is 1. The molecule has 3 aromatic rings. The van der Waals surface area contributed by atoms with Gasteiger partial charge in [0.1, 0.15) is 0 Å². The van der Waals surface area contributed by atoms with Crippen LogP contribution in [-0.2, 0) is 4.74 Å². The van der Waals surface area contributed by atoms with Crippen molar-refractivity contribution in [3.05, 3.63) is 87.6 Å². The van der Waals surface area contributed by atoms with Crippen LogP contribution in [0.5, 0.6) is 0 Å². The Hall–Kier alpha value is -3.25. The van der Waals surface area contributed by atoms with Gasteiger partial charge in [0.25, 0.3) is 5.91 Å². The third-order valence-electron chi connectivity index (χ3n) is 4.11. The highest BCUT2D eigenvalue weighted by atomic mass is 32.1. The molecular weight excluding hydrogens is 374 g/mol. The van der Waals surface area contributed by atoms with Crippen LogP contribution >= 0.6 is 11.3 Å². The quantitative estimate of drug-likeness (QED) is 0.485. The molecule has 0 unspecified atom stereocenters. The molecule has 142 valence electrons. The van der Waals surface area contributed by atoms with Gasteiger partial charge in [-0.15, -0.1) is 11.3 Å². The second kappa shape index (κ2) is 8.63. The van der Waals surface area contributed by atoms with Crippen LogP contribution in [0.3, 0.4) is 0 Å². The molecule has 1 amide bonds. The fourth-order valence-corrected chi connectivity index (χ4v) is 3.14. The summed E-state index contributed by atoms with van der Waals surface area (Å²) in [6, 6.07) is 17.0. The summed E-state index contributed by atoms with van der Waals surface area (Å²) >= 11 is 1.35. The lowest BCUT2D eigenvalue weighted by molar-refractivity contribution is 0.0319. The standard InChI is InChI=1S/C22H19NO4S/c1-14-5-7-16(8-6-14)20(24)15(2)27-22(26)17-9-11-18(12-10-17)23-21(25)19-4-3-13-28-19/h3-13,15H,1-2H3,(H,23,25)/t15-/m0/s1. The van der Waals surface area contributed by atoms with E-state index in [9.17, 15) is 14.4 Å². The normalized spacial score (nSPS) is 11.5. The van der Waals surface area contributed by atoms with Gasteiger partial charge < -0.3 is 10.1 Å². The molecule has 1 heterocycles. The van der Waals surface area contributed by atoms with Crippen LogP contribution in [0.1, 0.15) is 42.9 Å². The molecule has 2 aromatic carbocycles. The zero-order valence-corrected chi connectivity index (χ0v) is 16.3. The van der Waals surface area contributed by atoms with Crippen LogP contribution in [0.15, 0.2) is 66.0 Å². The zero-order valence-electron chi connectivity index (χ0n) is 15.5. The first-order valence-corrected chi connectivity index (χ1v) is 9.59. The van der Waals surface area contributed by atoms with E-state index < -0.39 is 12.1 Å². The number of aryl methyl sites for hydroxylation is 1. The molecule has 5 nitrogen and oxygen atoms in total. The van der Waals surface area contributed by atoms with Crippen LogP contribution in [0.4, 0.5) is 5.69 Å². The number of carbonyl (C=O) groups is 3. The maximum absolute atomic E-state index is 12.4. The number of hydrogen-bond donors (Lipinski definition) is 1. The lowest BCUT2D eigenvalue weighted by Crippen LogP contribution is -2.24. The van der Waals surface area contributed by atoms with E-state index in [1.165, 1.54) is 11.3 Å². The molecule has 0 saturated carbocycles. The number of Topliss-reactive ketones (excluding diaryl/α,β-unsaturated/α-hetero) is 1. The van der Waals surface area contributed by atoms with Crippen molar-refractivity contribution < 1.29 is 19.1 Å². The van der Waals surface area contributed by atoms with E-state index in [0.29, 0.717) is 21.7 Å². The fraction of sp³-hybridized carbons (Fsp3) is 0.136. The summed E-state index contributed by atoms with van der Waals surface area (Å²) in [6.07, 6.45) is -0.895. The highest BCUT2D eigenvalue weighted by Crippen LogP contribution is 2.16. The van der Waals surface area contributed by atoms with Gasteiger partial charge in [-0.05, 0) is 49.6 Å². The van der Waals surface area contributed by atoms with Gasteiger partial charge in [-0.2, -0.15) is 0 Å². The predicted molar refractivity (Wildman–Crippen MR) is 109 cm³/mol. The Kier molecular flexibility index (Phi) is 6.01. The molecule has 0 aliphatic carbocycles. The Morgan fingerprint density at radius 1 is 0.929 bits per heavy atom. The summed E-state index contributed by atoms with van der Waals surface area (Å²) in [5.41, 5.74) is 2.42. The lowest BCUT2D eigenvalue weighted by Gasteiger charge is -2.13. The average molecular weight is 393 g/mol. The average Bonchev–Trinajstić information content (AvgIpc) is 3.23. The smallest absolute Gasteiger partial charge is 0.338 e. The second-order valence-electron chi connectivity index (χ2n) is 6.29. The van der Waals surface area contributed by atoms with Crippen molar-refractivity contribution in [2.75, 3.05) is 5.32 Å². The van der Waals surface area contributed by atoms with Gasteiger partial charge in [0.15, 0.2) is 6.10 Å². The Morgan fingerprint density at radius 3 is 2.18 bits per heavy atom. The van der Waals surface area contributed by atoms with Gasteiger partial charge in [-0.1, -0.05) is 35.9 Å². The van der Waals surface area contributed by atoms with Crippen LogP contribution in [0.2, 0.25) is 0 Å². The predicted octanol–water partition coefficient (Wildman–Crippen LogP) is 4.74. The van der Waals surface area contributed by atoms with E-state index >= 15 is 0 Å². The molecule has 0 aliphatic heterocycles. The van der Waals surface area contributed by atoms with Gasteiger partial charge in [-0.25, -0.2) is 4.79 Å². The van der Waals surface area contributed by atoms with Crippen LogP contribution in [0, 0.1) is 6.92 Å². The SMILES string of the molecule is Cc1ccc(C(=O)[C@H](C)OC(=O)c2ccc(NC(=O)c3cccs3)cc2)cc1. The number of esters is 1. The zero-order chi connectivity index (χ0) is 20.1. The molecule has 0 spiro atoms. The van der Waals surface area contributed by atoms with E-state index in [1.54, 1.807) is 55.5 Å². The molecule has 0 radical (unpaired) electrons. The topological polar surface area (TPSA) is 72.5 Å². The Labute approximate surface area is 167 Å². The van der Waals surface area contributed by atoms with Crippen molar-refractivity contribution in [3.63, 3.8) is 0 Å². The first-order valence-electron chi connectivity index (χ1n) is 8.71. The summed E-state index contributed by atoms with van der Waals surface area (Å²) in [5.74, 6) is -1.06. The fourth-order valence-electron chi connectivity index (χ4n) is 2.52. The van der Waals surface area contributed by atoms with Gasteiger partial charge in [0, 0.05) is 11.3 Å². The van der Waals surface area contributed by atoms with E-state index in [4.69, 9.17) is 4.74 Å². The number of amides is 1. The Bertz CT molecular complexity index is 976. The minimum Gasteiger partial charge on any atom is -0.451 e. The van der Waals surface area contributed by atoms with Gasteiger partial charge in [0.2, 0.25) is 5.78 Å². The van der Waals surface area contributed by atoms with Crippen LogP contribution < -0.4 is 5.32 Å². The van der Waals surface area contributed by atoms with Crippen molar-refractivity contribution in [2.24, 2.45) is 0 Å². The summed E-state index contributed by atoms with van der Waals surface area (Å²) < 4.78 is 5.29. The molecule has 1 N–H and O–H groups in total. The number of benzene rings is 2. The molecular formula is C22H19NO4S. The van der Waals surface area contributed by atoms with Gasteiger partial charge in [0.05, 0.1) is 10.4 Å². The minimum atomic E-state index is -0.895. The molecule has 6 heteroatoms. The number of carbonyl (C=O) groups excluding carboxylic acids is 3.